The Morgan fingerprint density at radius 3 is 2.19 bits per heavy atom. The largest absolute Gasteiger partial charge is 0.335 e. The second kappa shape index (κ2) is 10.1. The van der Waals surface area contributed by atoms with E-state index >= 15 is 0 Å². The third-order valence-electron chi connectivity index (χ3n) is 5.98. The van der Waals surface area contributed by atoms with Gasteiger partial charge < -0.3 is 4.57 Å². The maximum Gasteiger partial charge on any atom is 0.319 e. The highest BCUT2D eigenvalue weighted by molar-refractivity contribution is 7.62. The molecular formula is C27H24N4O4S. The fourth-order valence-corrected chi connectivity index (χ4v) is 4.69. The van der Waals surface area contributed by atoms with E-state index in [0.717, 1.165) is 22.0 Å². The number of carbonyl (C=O) groups excluding carboxylic acids is 1. The Bertz CT molecular complexity index is 1800. The molecule has 1 amide bonds. The number of para-hydroxylation sites is 1. The van der Waals surface area contributed by atoms with E-state index in [-0.39, 0.29) is 19.5 Å². The zero-order valence-corrected chi connectivity index (χ0v) is 19.6. The average Bonchev–Trinajstić information content (AvgIpc) is 3.12. The summed E-state index contributed by atoms with van der Waals surface area (Å²) in [5, 5.41) is 6.88. The molecule has 0 N–H and O–H groups in total. The quantitative estimate of drug-likeness (QED) is 0.351. The van der Waals surface area contributed by atoms with Gasteiger partial charge >= 0.3 is 10.5 Å². The summed E-state index contributed by atoms with van der Waals surface area (Å²) in [7, 11) is -2.82. The van der Waals surface area contributed by atoms with Gasteiger partial charge in [0.05, 0.1) is 11.9 Å². The van der Waals surface area contributed by atoms with Crippen molar-refractivity contribution in [2.75, 3.05) is 0 Å². The van der Waals surface area contributed by atoms with Gasteiger partial charge in [-0.05, 0) is 24.6 Å². The van der Waals surface area contributed by atoms with Crippen molar-refractivity contribution in [1.82, 2.24) is 14.3 Å². The van der Waals surface area contributed by atoms with Crippen LogP contribution in [0.15, 0.2) is 88.0 Å². The summed E-state index contributed by atoms with van der Waals surface area (Å²) in [6.07, 6.45) is 0. The maximum atomic E-state index is 13.3. The molecule has 2 aromatic heterocycles. The normalized spacial score (nSPS) is 10.8. The predicted octanol–water partition coefficient (Wildman–Crippen LogP) is 4.60. The molecule has 0 unspecified atom stereocenters. The first-order valence-corrected chi connectivity index (χ1v) is 11.9. The van der Waals surface area contributed by atoms with Gasteiger partial charge in [-0.25, -0.2) is 4.68 Å². The molecule has 0 spiro atoms. The molecule has 0 saturated heterocycles. The van der Waals surface area contributed by atoms with Crippen LogP contribution in [0.4, 0.5) is 0 Å². The Morgan fingerprint density at radius 1 is 0.889 bits per heavy atom. The molecule has 8 nitrogen and oxygen atoms in total. The van der Waals surface area contributed by atoms with Gasteiger partial charge in [0.2, 0.25) is 0 Å². The van der Waals surface area contributed by atoms with Crippen molar-refractivity contribution in [1.29, 1.82) is 0 Å². The molecular weight excluding hydrogens is 476 g/mol. The molecule has 0 bridgehead atoms. The fraction of sp³-hybridized carbons (Fsp3) is 0.148. The third kappa shape index (κ3) is 4.48. The summed E-state index contributed by atoms with van der Waals surface area (Å²) in [5.74, 6) is -0.777. The monoisotopic (exact) mass is 500 g/mol. The van der Waals surface area contributed by atoms with Gasteiger partial charge in [0, 0.05) is 27.5 Å². The Hall–Kier alpha value is -4.37. The lowest BCUT2D eigenvalue weighted by molar-refractivity contribution is -0.118. The molecule has 0 fully saturated rings. The van der Waals surface area contributed by atoms with Crippen molar-refractivity contribution in [2.45, 2.75) is 27.4 Å². The molecule has 5 aromatic rings. The van der Waals surface area contributed by atoms with Crippen LogP contribution in [0.2, 0.25) is 0 Å². The van der Waals surface area contributed by atoms with Crippen molar-refractivity contribution < 1.29 is 13.2 Å². The van der Waals surface area contributed by atoms with Crippen molar-refractivity contribution in [2.24, 2.45) is 4.36 Å². The fourth-order valence-electron chi connectivity index (χ4n) is 4.46. The molecule has 182 valence electrons. The van der Waals surface area contributed by atoms with E-state index < -0.39 is 16.4 Å². The number of benzene rings is 3. The number of carbonyl (C=O) groups is 1. The van der Waals surface area contributed by atoms with Crippen molar-refractivity contribution in [3.05, 3.63) is 100 Å². The van der Waals surface area contributed by atoms with E-state index in [4.69, 9.17) is 5.10 Å². The number of rotatable bonds is 5. The van der Waals surface area contributed by atoms with Gasteiger partial charge in [-0.2, -0.15) is 13.5 Å². The van der Waals surface area contributed by atoms with Crippen molar-refractivity contribution in [3.8, 4) is 11.3 Å². The van der Waals surface area contributed by atoms with E-state index in [0.29, 0.717) is 28.7 Å². The number of nitrogens with zero attached hydrogens (tertiary/aromatic N) is 4. The average molecular weight is 501 g/mol. The highest BCUT2D eigenvalue weighted by Gasteiger charge is 2.21. The Labute approximate surface area is 209 Å². The lowest BCUT2D eigenvalue weighted by atomic mass is 10.0. The van der Waals surface area contributed by atoms with Gasteiger partial charge in [-0.15, -0.1) is 0 Å². The Kier molecular flexibility index (Phi) is 6.93. The Morgan fingerprint density at radius 2 is 1.50 bits per heavy atom. The van der Waals surface area contributed by atoms with Crippen LogP contribution in [0, 0.1) is 6.92 Å². The van der Waals surface area contributed by atoms with E-state index in [9.17, 15) is 18.0 Å². The minimum absolute atomic E-state index is 0. The van der Waals surface area contributed by atoms with Crippen molar-refractivity contribution >= 4 is 38.1 Å². The molecule has 36 heavy (non-hydrogen) atoms. The lowest BCUT2D eigenvalue weighted by Crippen LogP contribution is -2.24. The number of amides is 1. The van der Waals surface area contributed by atoms with Gasteiger partial charge in [-0.1, -0.05) is 78.5 Å². The van der Waals surface area contributed by atoms with Crippen LogP contribution in [0.3, 0.4) is 0 Å². The van der Waals surface area contributed by atoms with E-state index in [1.165, 1.54) is 4.68 Å². The molecule has 5 rings (SSSR count). The highest BCUT2D eigenvalue weighted by atomic mass is 32.2. The van der Waals surface area contributed by atoms with Crippen LogP contribution < -0.4 is 5.56 Å². The van der Waals surface area contributed by atoms with Crippen LogP contribution in [0.1, 0.15) is 18.7 Å². The minimum Gasteiger partial charge on any atom is -0.335 e. The highest BCUT2D eigenvalue weighted by Crippen LogP contribution is 2.36. The first-order valence-electron chi connectivity index (χ1n) is 10.9. The number of hydrogen-bond acceptors (Lipinski definition) is 5. The first kappa shape index (κ1) is 24.7. The molecule has 3 aromatic carbocycles. The summed E-state index contributed by atoms with van der Waals surface area (Å²) in [5.41, 5.74) is 3.60. The van der Waals surface area contributed by atoms with Crippen LogP contribution in [0.25, 0.3) is 32.9 Å². The summed E-state index contributed by atoms with van der Waals surface area (Å²) < 4.78 is 28.1. The second-order valence-electron chi connectivity index (χ2n) is 8.11. The summed E-state index contributed by atoms with van der Waals surface area (Å²) >= 11 is 0. The summed E-state index contributed by atoms with van der Waals surface area (Å²) in [6.45, 7) is 1.92. The number of hydrogen-bond donors (Lipinski definition) is 0. The van der Waals surface area contributed by atoms with E-state index in [2.05, 4.69) is 4.36 Å². The molecule has 9 heteroatoms. The van der Waals surface area contributed by atoms with E-state index in [1.54, 1.807) is 10.6 Å². The van der Waals surface area contributed by atoms with Crippen LogP contribution in [0.5, 0.6) is 0 Å². The molecule has 0 aliphatic rings. The summed E-state index contributed by atoms with van der Waals surface area (Å²) in [6, 6.07) is 24.4. The van der Waals surface area contributed by atoms with E-state index in [1.807, 2.05) is 79.7 Å². The molecule has 0 aliphatic heterocycles. The van der Waals surface area contributed by atoms with Crippen LogP contribution >= 0.6 is 0 Å². The predicted molar refractivity (Wildman–Crippen MR) is 140 cm³/mol. The van der Waals surface area contributed by atoms with Gasteiger partial charge in [0.15, 0.2) is 0 Å². The SMILES string of the molecule is C.Cc1c(-c2nn(Cc3ccccc3)c(=O)c3ccccc23)c2ccccc2n1CC(=O)N=S(=O)=O. The molecule has 0 radical (unpaired) electrons. The Balaban J connectivity index is 0.00000304. The molecule has 0 aliphatic carbocycles. The number of fused-ring (bicyclic) bond motifs is 2. The number of aromatic nitrogens is 3. The van der Waals surface area contributed by atoms with Crippen LogP contribution in [-0.2, 0) is 28.4 Å². The minimum atomic E-state index is -2.82. The third-order valence-corrected chi connectivity index (χ3v) is 6.33. The van der Waals surface area contributed by atoms with Gasteiger partial charge in [0.1, 0.15) is 12.2 Å². The topological polar surface area (TPSA) is 103 Å². The van der Waals surface area contributed by atoms with Gasteiger partial charge in [0.25, 0.3) is 11.5 Å². The maximum absolute atomic E-state index is 13.3. The molecule has 0 saturated carbocycles. The zero-order chi connectivity index (χ0) is 24.5. The second-order valence-corrected chi connectivity index (χ2v) is 8.73. The first-order chi connectivity index (χ1) is 16.9. The van der Waals surface area contributed by atoms with Crippen LogP contribution in [-0.4, -0.2) is 28.7 Å². The molecule has 0 atom stereocenters. The standard InChI is InChI=1S/C26H20N4O4S.CH4/c1-17-24(21-13-7-8-14-22(21)29(17)16-23(31)28-35(33)34)25-19-11-5-6-12-20(19)26(32)30(27-25)15-18-9-3-2-4-10-18;/h2-14H,15-16H2,1H3;1H4. The molecule has 2 heterocycles. The smallest absolute Gasteiger partial charge is 0.319 e. The zero-order valence-electron chi connectivity index (χ0n) is 18.7. The van der Waals surface area contributed by atoms with Crippen molar-refractivity contribution in [3.63, 3.8) is 0 Å². The van der Waals surface area contributed by atoms with Gasteiger partial charge in [-0.3, -0.25) is 9.59 Å². The lowest BCUT2D eigenvalue weighted by Gasteiger charge is -2.12. The summed E-state index contributed by atoms with van der Waals surface area (Å²) in [4.78, 5) is 25.5.